The van der Waals surface area contributed by atoms with Gasteiger partial charge in [-0.2, -0.15) is 0 Å². The lowest BCUT2D eigenvalue weighted by atomic mass is 9.97. The van der Waals surface area contributed by atoms with Gasteiger partial charge in [0, 0.05) is 37.8 Å². The van der Waals surface area contributed by atoms with Crippen molar-refractivity contribution in [2.45, 2.75) is 40.2 Å². The molecule has 0 radical (unpaired) electrons. The van der Waals surface area contributed by atoms with Crippen molar-refractivity contribution in [1.82, 2.24) is 25.5 Å². The first-order valence-corrected chi connectivity index (χ1v) is 12.1. The summed E-state index contributed by atoms with van der Waals surface area (Å²) in [6.45, 7) is 9.55. The molecule has 0 aliphatic carbocycles. The number of carbonyl (C=O) groups is 2. The first-order valence-electron chi connectivity index (χ1n) is 12.1. The van der Waals surface area contributed by atoms with Gasteiger partial charge in [0.1, 0.15) is 18.0 Å². The molecule has 0 atom stereocenters. The fourth-order valence-corrected chi connectivity index (χ4v) is 3.77. The Balaban J connectivity index is 1.44. The summed E-state index contributed by atoms with van der Waals surface area (Å²) in [5.74, 6) is 0.420. The van der Waals surface area contributed by atoms with Gasteiger partial charge >= 0.3 is 6.09 Å². The Labute approximate surface area is 205 Å². The third-order valence-electron chi connectivity index (χ3n) is 5.71. The molecule has 0 spiro atoms. The summed E-state index contributed by atoms with van der Waals surface area (Å²) < 4.78 is 19.8. The lowest BCUT2D eigenvalue weighted by molar-refractivity contribution is 0.0789. The molecule has 1 aromatic heterocycles. The number of benzene rings is 1. The van der Waals surface area contributed by atoms with E-state index in [0.29, 0.717) is 50.4 Å². The van der Waals surface area contributed by atoms with Crippen molar-refractivity contribution in [2.24, 2.45) is 11.8 Å². The minimum Gasteiger partial charge on any atom is -0.449 e. The van der Waals surface area contributed by atoms with Crippen LogP contribution in [-0.4, -0.2) is 59.7 Å². The monoisotopic (exact) mass is 486 g/mol. The Morgan fingerprint density at radius 2 is 1.97 bits per heavy atom. The highest BCUT2D eigenvalue weighted by atomic mass is 19.1. The molecule has 1 saturated heterocycles. The van der Waals surface area contributed by atoms with Gasteiger partial charge in [-0.3, -0.25) is 4.79 Å². The number of anilines is 2. The minimum atomic E-state index is -0.536. The number of likely N-dealkylation sites (tertiary alicyclic amines) is 1. The Bertz CT molecular complexity index is 995. The Hall–Kier alpha value is -3.27. The zero-order valence-electron chi connectivity index (χ0n) is 20.6. The van der Waals surface area contributed by atoms with Gasteiger partial charge in [0.15, 0.2) is 0 Å². The number of rotatable bonds is 10. The van der Waals surface area contributed by atoms with Crippen LogP contribution < -0.4 is 16.0 Å². The smallest absolute Gasteiger partial charge is 0.409 e. The van der Waals surface area contributed by atoms with Crippen LogP contribution in [0.2, 0.25) is 0 Å². The maximum atomic E-state index is 14.5. The van der Waals surface area contributed by atoms with Crippen LogP contribution in [0.4, 0.5) is 20.7 Å². The number of amides is 2. The Morgan fingerprint density at radius 1 is 1.20 bits per heavy atom. The molecule has 35 heavy (non-hydrogen) atoms. The molecule has 1 fully saturated rings. The summed E-state index contributed by atoms with van der Waals surface area (Å²) in [4.78, 5) is 34.2. The van der Waals surface area contributed by atoms with Gasteiger partial charge in [-0.15, -0.1) is 0 Å². The summed E-state index contributed by atoms with van der Waals surface area (Å²) >= 11 is 0. The van der Waals surface area contributed by atoms with E-state index in [4.69, 9.17) is 4.74 Å². The van der Waals surface area contributed by atoms with Crippen LogP contribution in [0.3, 0.4) is 0 Å². The van der Waals surface area contributed by atoms with E-state index in [9.17, 15) is 14.0 Å². The van der Waals surface area contributed by atoms with Crippen molar-refractivity contribution in [3.8, 4) is 0 Å². The zero-order valence-corrected chi connectivity index (χ0v) is 20.6. The van der Waals surface area contributed by atoms with Gasteiger partial charge in [-0.25, -0.2) is 19.2 Å². The third-order valence-corrected chi connectivity index (χ3v) is 5.71. The molecule has 1 aliphatic heterocycles. The standard InChI is InChI=1S/C25H35FN6O3/c1-4-28-24(33)19-5-6-22(21(26)11-19)31-23-12-20(29-16-30-23)14-27-13-18-7-9-32(10-8-18)25(34)35-15-17(2)3/h5-6,11-12,16-18,27H,4,7-10,13-15H2,1-3H3,(H,28,33)(H,29,30,31). The molecule has 2 amide bonds. The maximum Gasteiger partial charge on any atom is 0.409 e. The second kappa shape index (κ2) is 13.0. The van der Waals surface area contributed by atoms with E-state index in [1.165, 1.54) is 18.5 Å². The average molecular weight is 487 g/mol. The average Bonchev–Trinajstić information content (AvgIpc) is 2.84. The van der Waals surface area contributed by atoms with Crippen LogP contribution in [0.15, 0.2) is 30.6 Å². The van der Waals surface area contributed by atoms with Crippen molar-refractivity contribution in [3.63, 3.8) is 0 Å². The zero-order chi connectivity index (χ0) is 25.2. The van der Waals surface area contributed by atoms with Gasteiger partial charge in [0.25, 0.3) is 5.91 Å². The molecule has 0 bridgehead atoms. The molecular formula is C25H35FN6O3. The number of halogens is 1. The van der Waals surface area contributed by atoms with E-state index in [-0.39, 0.29) is 23.3 Å². The van der Waals surface area contributed by atoms with Crippen molar-refractivity contribution >= 4 is 23.5 Å². The predicted octanol–water partition coefficient (Wildman–Crippen LogP) is 3.70. The molecule has 3 rings (SSSR count). The van der Waals surface area contributed by atoms with E-state index in [0.717, 1.165) is 25.1 Å². The second-order valence-corrected chi connectivity index (χ2v) is 9.11. The van der Waals surface area contributed by atoms with Crippen LogP contribution in [0, 0.1) is 17.7 Å². The molecule has 1 aliphatic rings. The first kappa shape index (κ1) is 26.3. The third kappa shape index (κ3) is 8.17. The molecule has 0 unspecified atom stereocenters. The normalized spacial score (nSPS) is 14.1. The van der Waals surface area contributed by atoms with Gasteiger partial charge in [-0.1, -0.05) is 13.8 Å². The van der Waals surface area contributed by atoms with Crippen molar-refractivity contribution in [2.75, 3.05) is 38.1 Å². The molecule has 9 nitrogen and oxygen atoms in total. The molecule has 3 N–H and O–H groups in total. The number of hydrogen-bond acceptors (Lipinski definition) is 7. The molecule has 1 aromatic carbocycles. The van der Waals surface area contributed by atoms with Crippen molar-refractivity contribution in [3.05, 3.63) is 47.7 Å². The number of ether oxygens (including phenoxy) is 1. The number of aromatic nitrogens is 2. The van der Waals surface area contributed by atoms with Crippen molar-refractivity contribution < 1.29 is 18.7 Å². The van der Waals surface area contributed by atoms with E-state index < -0.39 is 5.82 Å². The van der Waals surface area contributed by atoms with Crippen molar-refractivity contribution in [1.29, 1.82) is 0 Å². The number of carbonyl (C=O) groups excluding carboxylic acids is 2. The second-order valence-electron chi connectivity index (χ2n) is 9.11. The van der Waals surface area contributed by atoms with E-state index in [1.54, 1.807) is 17.0 Å². The fraction of sp³-hybridized carbons (Fsp3) is 0.520. The highest BCUT2D eigenvalue weighted by Gasteiger charge is 2.23. The quantitative estimate of drug-likeness (QED) is 0.470. The van der Waals surface area contributed by atoms with E-state index in [2.05, 4.69) is 25.9 Å². The van der Waals surface area contributed by atoms with Crippen LogP contribution in [0.5, 0.6) is 0 Å². The highest BCUT2D eigenvalue weighted by molar-refractivity contribution is 5.94. The number of piperidine rings is 1. The van der Waals surface area contributed by atoms with Crippen LogP contribution in [0.1, 0.15) is 49.7 Å². The lowest BCUT2D eigenvalue weighted by Crippen LogP contribution is -2.41. The Morgan fingerprint density at radius 3 is 2.66 bits per heavy atom. The van der Waals surface area contributed by atoms with Crippen LogP contribution in [0.25, 0.3) is 0 Å². The lowest BCUT2D eigenvalue weighted by Gasteiger charge is -2.31. The largest absolute Gasteiger partial charge is 0.449 e. The van der Waals surface area contributed by atoms with E-state index in [1.807, 2.05) is 20.8 Å². The molecule has 10 heteroatoms. The van der Waals surface area contributed by atoms with Crippen LogP contribution in [-0.2, 0) is 11.3 Å². The first-order chi connectivity index (χ1) is 16.9. The summed E-state index contributed by atoms with van der Waals surface area (Å²) in [6.07, 6.45) is 3.06. The molecule has 2 heterocycles. The summed E-state index contributed by atoms with van der Waals surface area (Å²) in [7, 11) is 0. The maximum absolute atomic E-state index is 14.5. The van der Waals surface area contributed by atoms with Gasteiger partial charge in [0.2, 0.25) is 0 Å². The highest BCUT2D eigenvalue weighted by Crippen LogP contribution is 2.21. The summed E-state index contributed by atoms with van der Waals surface area (Å²) in [5, 5.41) is 9.01. The fourth-order valence-electron chi connectivity index (χ4n) is 3.77. The number of hydrogen-bond donors (Lipinski definition) is 3. The number of nitrogens with one attached hydrogen (secondary N) is 3. The summed E-state index contributed by atoms with van der Waals surface area (Å²) in [5.41, 5.74) is 1.27. The molecule has 0 saturated carbocycles. The minimum absolute atomic E-state index is 0.221. The molecular weight excluding hydrogens is 451 g/mol. The number of nitrogens with zero attached hydrogens (tertiary/aromatic N) is 3. The molecule has 190 valence electrons. The predicted molar refractivity (Wildman–Crippen MR) is 132 cm³/mol. The van der Waals surface area contributed by atoms with E-state index >= 15 is 0 Å². The SMILES string of the molecule is CCNC(=O)c1ccc(Nc2cc(CNCC3CCN(C(=O)OCC(C)C)CC3)ncn2)c(F)c1. The summed E-state index contributed by atoms with van der Waals surface area (Å²) in [6, 6.07) is 6.05. The van der Waals surface area contributed by atoms with Gasteiger partial charge in [-0.05, 0) is 56.3 Å². The van der Waals surface area contributed by atoms with Gasteiger partial charge < -0.3 is 25.6 Å². The Kier molecular flexibility index (Phi) is 9.77. The topological polar surface area (TPSA) is 108 Å². The van der Waals surface area contributed by atoms with Gasteiger partial charge in [0.05, 0.1) is 18.0 Å². The molecule has 2 aromatic rings. The van der Waals surface area contributed by atoms with Crippen LogP contribution >= 0.6 is 0 Å².